The van der Waals surface area contributed by atoms with Crippen molar-refractivity contribution < 1.29 is 19.4 Å². The van der Waals surface area contributed by atoms with E-state index in [0.29, 0.717) is 56.1 Å². The van der Waals surface area contributed by atoms with E-state index in [1.54, 1.807) is 17.7 Å². The molecule has 7 nitrogen and oxygen atoms in total. The number of aryl methyl sites for hydroxylation is 1. The molecule has 2 heterocycles. The standard InChI is InChI=1S/C29H34N2O5/c1-4-36-29(34)22-13-15-30(16-14-22)27(23-11-8-12-24(18-23)35-3)26-25(32)17-20(2)31(28(26)33)19-21-9-6-5-7-10-21/h5-12,17-18,22,27,32H,4,13-16,19H2,1-3H3/t27-/m0/s1. The Kier molecular flexibility index (Phi) is 8.10. The van der Waals surface area contributed by atoms with Crippen LogP contribution in [-0.2, 0) is 16.1 Å². The number of carbonyl (C=O) groups is 1. The summed E-state index contributed by atoms with van der Waals surface area (Å²) < 4.78 is 12.4. The summed E-state index contributed by atoms with van der Waals surface area (Å²) in [5.74, 6) is 0.323. The normalized spacial score (nSPS) is 15.4. The first kappa shape index (κ1) is 25.5. The highest BCUT2D eigenvalue weighted by atomic mass is 16.5. The van der Waals surface area contributed by atoms with Crippen molar-refractivity contribution >= 4 is 5.97 Å². The summed E-state index contributed by atoms with van der Waals surface area (Å²) >= 11 is 0. The maximum Gasteiger partial charge on any atom is 0.309 e. The molecule has 1 aliphatic heterocycles. The lowest BCUT2D eigenvalue weighted by atomic mass is 9.91. The van der Waals surface area contributed by atoms with Gasteiger partial charge in [-0.3, -0.25) is 14.5 Å². The molecular formula is C29H34N2O5. The van der Waals surface area contributed by atoms with E-state index in [1.807, 2.05) is 68.4 Å². The van der Waals surface area contributed by atoms with Crippen LogP contribution in [0.2, 0.25) is 0 Å². The van der Waals surface area contributed by atoms with Crippen LogP contribution >= 0.6 is 0 Å². The number of carbonyl (C=O) groups excluding carboxylic acids is 1. The molecule has 1 saturated heterocycles. The average Bonchev–Trinajstić information content (AvgIpc) is 2.90. The Bertz CT molecular complexity index is 1250. The molecule has 1 fully saturated rings. The number of benzene rings is 2. The molecule has 3 aromatic rings. The zero-order valence-electron chi connectivity index (χ0n) is 21.1. The zero-order valence-corrected chi connectivity index (χ0v) is 21.1. The van der Waals surface area contributed by atoms with Crippen LogP contribution in [-0.4, -0.2) is 47.3 Å². The van der Waals surface area contributed by atoms with Gasteiger partial charge in [-0.1, -0.05) is 42.5 Å². The Morgan fingerprint density at radius 2 is 1.81 bits per heavy atom. The predicted octanol–water partition coefficient (Wildman–Crippen LogP) is 4.28. The summed E-state index contributed by atoms with van der Waals surface area (Å²) in [5.41, 5.74) is 2.66. The number of pyridine rings is 1. The van der Waals surface area contributed by atoms with Crippen molar-refractivity contribution in [2.24, 2.45) is 5.92 Å². The van der Waals surface area contributed by atoms with Crippen molar-refractivity contribution in [3.63, 3.8) is 0 Å². The molecule has 2 aromatic carbocycles. The van der Waals surface area contributed by atoms with E-state index in [0.717, 1.165) is 11.1 Å². The summed E-state index contributed by atoms with van der Waals surface area (Å²) in [6, 6.07) is 18.6. The fourth-order valence-corrected chi connectivity index (χ4v) is 5.01. The Morgan fingerprint density at radius 1 is 1.08 bits per heavy atom. The lowest BCUT2D eigenvalue weighted by molar-refractivity contribution is -0.149. The van der Waals surface area contributed by atoms with Crippen LogP contribution < -0.4 is 10.3 Å². The van der Waals surface area contributed by atoms with Crippen molar-refractivity contribution in [1.82, 2.24) is 9.47 Å². The number of hydrogen-bond donors (Lipinski definition) is 1. The molecular weight excluding hydrogens is 456 g/mol. The molecule has 0 radical (unpaired) electrons. The van der Waals surface area contributed by atoms with Crippen LogP contribution in [0, 0.1) is 12.8 Å². The predicted molar refractivity (Wildman–Crippen MR) is 138 cm³/mol. The van der Waals surface area contributed by atoms with Gasteiger partial charge in [-0.2, -0.15) is 0 Å². The molecule has 0 aliphatic carbocycles. The summed E-state index contributed by atoms with van der Waals surface area (Å²) in [7, 11) is 1.61. The lowest BCUT2D eigenvalue weighted by Gasteiger charge is -2.37. The molecule has 0 spiro atoms. The minimum atomic E-state index is -0.488. The van der Waals surface area contributed by atoms with Crippen molar-refractivity contribution in [2.75, 3.05) is 26.8 Å². The third-order valence-corrected chi connectivity index (χ3v) is 6.90. The molecule has 0 unspecified atom stereocenters. The number of rotatable bonds is 8. The average molecular weight is 491 g/mol. The first-order valence-electron chi connectivity index (χ1n) is 12.4. The Morgan fingerprint density at radius 3 is 2.47 bits per heavy atom. The molecule has 190 valence electrons. The number of piperidine rings is 1. The number of methoxy groups -OCH3 is 1. The van der Waals surface area contributed by atoms with E-state index in [9.17, 15) is 14.7 Å². The summed E-state index contributed by atoms with van der Waals surface area (Å²) in [5, 5.41) is 11.1. The molecule has 7 heteroatoms. The van der Waals surface area contributed by atoms with Crippen LogP contribution in [0.5, 0.6) is 11.5 Å². The minimum Gasteiger partial charge on any atom is -0.507 e. The molecule has 0 saturated carbocycles. The van der Waals surface area contributed by atoms with Gasteiger partial charge in [0.25, 0.3) is 5.56 Å². The lowest BCUT2D eigenvalue weighted by Crippen LogP contribution is -2.42. The molecule has 1 atom stereocenters. The van der Waals surface area contributed by atoms with Gasteiger partial charge in [0, 0.05) is 5.69 Å². The summed E-state index contributed by atoms with van der Waals surface area (Å²) in [4.78, 5) is 28.4. The van der Waals surface area contributed by atoms with Crippen LogP contribution in [0.1, 0.15) is 48.2 Å². The zero-order chi connectivity index (χ0) is 25.7. The molecule has 36 heavy (non-hydrogen) atoms. The highest BCUT2D eigenvalue weighted by Gasteiger charge is 2.34. The van der Waals surface area contributed by atoms with Crippen LogP contribution in [0.3, 0.4) is 0 Å². The summed E-state index contributed by atoms with van der Waals surface area (Å²) in [6.45, 7) is 5.61. The minimum absolute atomic E-state index is 0.0258. The maximum atomic E-state index is 14.0. The van der Waals surface area contributed by atoms with E-state index in [4.69, 9.17) is 9.47 Å². The van der Waals surface area contributed by atoms with Crippen LogP contribution in [0.4, 0.5) is 0 Å². The third kappa shape index (κ3) is 5.46. The highest BCUT2D eigenvalue weighted by Crippen LogP contribution is 2.36. The third-order valence-electron chi connectivity index (χ3n) is 6.90. The van der Waals surface area contributed by atoms with Crippen molar-refractivity contribution in [2.45, 2.75) is 39.3 Å². The Hall–Kier alpha value is -3.58. The number of hydrogen-bond acceptors (Lipinski definition) is 6. The number of likely N-dealkylation sites (tertiary alicyclic amines) is 1. The van der Waals surface area contributed by atoms with Gasteiger partial charge in [0.2, 0.25) is 0 Å². The van der Waals surface area contributed by atoms with E-state index in [2.05, 4.69) is 4.90 Å². The van der Waals surface area contributed by atoms with Crippen molar-refractivity contribution in [3.05, 3.63) is 93.4 Å². The monoisotopic (exact) mass is 490 g/mol. The first-order chi connectivity index (χ1) is 17.4. The molecule has 1 aliphatic rings. The van der Waals surface area contributed by atoms with Gasteiger partial charge in [0.05, 0.1) is 37.8 Å². The SMILES string of the molecule is CCOC(=O)C1CCN([C@@H](c2cccc(OC)c2)c2c(O)cc(C)n(Cc3ccccc3)c2=O)CC1. The van der Waals surface area contributed by atoms with Gasteiger partial charge in [-0.25, -0.2) is 0 Å². The van der Waals surface area contributed by atoms with Crippen LogP contribution in [0.15, 0.2) is 65.5 Å². The van der Waals surface area contributed by atoms with Gasteiger partial charge in [-0.15, -0.1) is 0 Å². The van der Waals surface area contributed by atoms with Crippen molar-refractivity contribution in [1.29, 1.82) is 0 Å². The van der Waals surface area contributed by atoms with Gasteiger partial charge >= 0.3 is 5.97 Å². The summed E-state index contributed by atoms with van der Waals surface area (Å²) in [6.07, 6.45) is 1.26. The fourth-order valence-electron chi connectivity index (χ4n) is 5.01. The largest absolute Gasteiger partial charge is 0.507 e. The molecule has 0 bridgehead atoms. The number of ether oxygens (including phenoxy) is 2. The second-order valence-electron chi connectivity index (χ2n) is 9.20. The van der Waals surface area contributed by atoms with Gasteiger partial charge in [0.1, 0.15) is 11.5 Å². The Labute approximate surface area is 211 Å². The number of aromatic nitrogens is 1. The van der Waals surface area contributed by atoms with Gasteiger partial charge < -0.3 is 19.1 Å². The maximum absolute atomic E-state index is 14.0. The quantitative estimate of drug-likeness (QED) is 0.475. The smallest absolute Gasteiger partial charge is 0.309 e. The number of nitrogens with zero attached hydrogens (tertiary/aromatic N) is 2. The second-order valence-corrected chi connectivity index (χ2v) is 9.20. The molecule has 1 aromatic heterocycles. The topological polar surface area (TPSA) is 81.0 Å². The van der Waals surface area contributed by atoms with Gasteiger partial charge in [0.15, 0.2) is 0 Å². The molecule has 0 amide bonds. The van der Waals surface area contributed by atoms with Gasteiger partial charge in [-0.05, 0) is 69.1 Å². The van der Waals surface area contributed by atoms with E-state index in [1.165, 1.54) is 0 Å². The number of esters is 1. The molecule has 4 rings (SSSR count). The van der Waals surface area contributed by atoms with E-state index in [-0.39, 0.29) is 23.2 Å². The van der Waals surface area contributed by atoms with E-state index < -0.39 is 6.04 Å². The van der Waals surface area contributed by atoms with Crippen molar-refractivity contribution in [3.8, 4) is 11.5 Å². The number of aromatic hydroxyl groups is 1. The second kappa shape index (κ2) is 11.4. The Balaban J connectivity index is 1.76. The highest BCUT2D eigenvalue weighted by molar-refractivity contribution is 5.72. The molecule has 1 N–H and O–H groups in total. The van der Waals surface area contributed by atoms with Crippen LogP contribution in [0.25, 0.3) is 0 Å². The van der Waals surface area contributed by atoms with E-state index >= 15 is 0 Å². The first-order valence-corrected chi connectivity index (χ1v) is 12.4. The fraction of sp³-hybridized carbons (Fsp3) is 0.379.